The molecule has 2 unspecified atom stereocenters. The molecule has 1 N–H and O–H groups in total. The van der Waals surface area contributed by atoms with Crippen LogP contribution in [0.4, 0.5) is 0 Å². The summed E-state index contributed by atoms with van der Waals surface area (Å²) in [4.78, 5) is 0. The average molecular weight is 261 g/mol. The van der Waals surface area contributed by atoms with Gasteiger partial charge in [0.2, 0.25) is 0 Å². The molecule has 19 heavy (non-hydrogen) atoms. The van der Waals surface area contributed by atoms with Gasteiger partial charge in [0, 0.05) is 11.6 Å². The highest BCUT2D eigenvalue weighted by atomic mass is 16.5. The summed E-state index contributed by atoms with van der Waals surface area (Å²) in [5, 5.41) is 3.85. The second kappa shape index (κ2) is 4.80. The van der Waals surface area contributed by atoms with Crippen LogP contribution in [0.25, 0.3) is 0 Å². The lowest BCUT2D eigenvalue weighted by Gasteiger charge is -2.43. The quantitative estimate of drug-likeness (QED) is 0.907. The zero-order valence-electron chi connectivity index (χ0n) is 12.0. The topological polar surface area (TPSA) is 30.5 Å². The summed E-state index contributed by atoms with van der Waals surface area (Å²) in [6.45, 7) is 5.29. The summed E-state index contributed by atoms with van der Waals surface area (Å²) in [6.07, 6.45) is 3.49. The summed E-state index contributed by atoms with van der Waals surface area (Å²) >= 11 is 0. The van der Waals surface area contributed by atoms with Gasteiger partial charge in [0.05, 0.1) is 19.8 Å². The number of hydrogen-bond acceptors (Lipinski definition) is 3. The molecule has 0 spiro atoms. The molecule has 1 aliphatic carbocycles. The van der Waals surface area contributed by atoms with Crippen LogP contribution in [0.2, 0.25) is 0 Å². The molecule has 104 valence electrons. The normalized spacial score (nSPS) is 27.7. The highest BCUT2D eigenvalue weighted by molar-refractivity contribution is 5.42. The van der Waals surface area contributed by atoms with Crippen molar-refractivity contribution in [2.45, 2.75) is 50.8 Å². The molecule has 1 heterocycles. The molecule has 0 saturated carbocycles. The summed E-state index contributed by atoms with van der Waals surface area (Å²) in [7, 11) is 1.72. The van der Waals surface area contributed by atoms with Crippen LogP contribution < -0.4 is 10.1 Å². The Morgan fingerprint density at radius 2 is 2.16 bits per heavy atom. The second-order valence-corrected chi connectivity index (χ2v) is 5.74. The van der Waals surface area contributed by atoms with E-state index in [-0.39, 0.29) is 11.6 Å². The minimum atomic E-state index is 0.160. The van der Waals surface area contributed by atoms with Gasteiger partial charge in [0.1, 0.15) is 5.75 Å². The molecule has 0 amide bonds. The lowest BCUT2D eigenvalue weighted by atomic mass is 9.90. The van der Waals surface area contributed by atoms with E-state index in [9.17, 15) is 0 Å². The first-order valence-electron chi connectivity index (χ1n) is 7.27. The Bertz CT molecular complexity index is 468. The van der Waals surface area contributed by atoms with Crippen LogP contribution in [0, 0.1) is 0 Å². The predicted octanol–water partition coefficient (Wildman–Crippen LogP) is 2.84. The average Bonchev–Trinajstić information content (AvgIpc) is 2.83. The smallest absolute Gasteiger partial charge is 0.119 e. The first-order valence-corrected chi connectivity index (χ1v) is 7.27. The van der Waals surface area contributed by atoms with E-state index in [1.165, 1.54) is 11.1 Å². The number of nitrogens with one attached hydrogen (secondary N) is 1. The maximum atomic E-state index is 6.21. The van der Waals surface area contributed by atoms with Gasteiger partial charge in [-0.25, -0.2) is 0 Å². The molecule has 1 aromatic rings. The third-order valence-corrected chi connectivity index (χ3v) is 4.85. The summed E-state index contributed by atoms with van der Waals surface area (Å²) in [5.41, 5.74) is 2.86. The molecule has 3 rings (SSSR count). The molecule has 0 radical (unpaired) electrons. The molecular weight excluding hydrogens is 238 g/mol. The van der Waals surface area contributed by atoms with Crippen molar-refractivity contribution in [1.82, 2.24) is 5.32 Å². The number of fused-ring (bicyclic) bond motifs is 3. The Morgan fingerprint density at radius 1 is 1.37 bits per heavy atom. The first-order chi connectivity index (χ1) is 9.21. The Balaban J connectivity index is 1.86. The van der Waals surface area contributed by atoms with Gasteiger partial charge in [-0.3, -0.25) is 0 Å². The summed E-state index contributed by atoms with van der Waals surface area (Å²) in [6, 6.07) is 6.77. The number of benzene rings is 1. The molecule has 1 saturated heterocycles. The molecule has 1 aromatic carbocycles. The van der Waals surface area contributed by atoms with E-state index in [4.69, 9.17) is 9.47 Å². The largest absolute Gasteiger partial charge is 0.497 e. The van der Waals surface area contributed by atoms with Gasteiger partial charge < -0.3 is 14.8 Å². The van der Waals surface area contributed by atoms with Gasteiger partial charge in [-0.2, -0.15) is 0 Å². The van der Waals surface area contributed by atoms with Crippen molar-refractivity contribution in [2.24, 2.45) is 0 Å². The SMILES string of the molecule is CCC1(CC)COC2c3cc(OC)ccc3CC2N1. The fourth-order valence-corrected chi connectivity index (χ4v) is 3.39. The second-order valence-electron chi connectivity index (χ2n) is 5.74. The summed E-state index contributed by atoms with van der Waals surface area (Å²) < 4.78 is 11.5. The highest BCUT2D eigenvalue weighted by Gasteiger charge is 2.43. The fraction of sp³-hybridized carbons (Fsp3) is 0.625. The third-order valence-electron chi connectivity index (χ3n) is 4.85. The van der Waals surface area contributed by atoms with E-state index < -0.39 is 0 Å². The molecule has 3 nitrogen and oxygen atoms in total. The van der Waals surface area contributed by atoms with Crippen molar-refractivity contribution >= 4 is 0 Å². The zero-order chi connectivity index (χ0) is 13.5. The molecule has 2 atom stereocenters. The predicted molar refractivity (Wildman–Crippen MR) is 75.6 cm³/mol. The van der Waals surface area contributed by atoms with Gasteiger partial charge in [-0.15, -0.1) is 0 Å². The molecule has 1 aliphatic heterocycles. The van der Waals surface area contributed by atoms with Crippen LogP contribution in [0.15, 0.2) is 18.2 Å². The Labute approximate surface area is 115 Å². The third kappa shape index (κ3) is 2.05. The van der Waals surface area contributed by atoms with E-state index >= 15 is 0 Å². The highest BCUT2D eigenvalue weighted by Crippen LogP contribution is 2.41. The number of morpholine rings is 1. The first kappa shape index (κ1) is 12.9. The van der Waals surface area contributed by atoms with E-state index in [1.54, 1.807) is 7.11 Å². The van der Waals surface area contributed by atoms with Gasteiger partial charge >= 0.3 is 0 Å². The van der Waals surface area contributed by atoms with Crippen LogP contribution in [0.3, 0.4) is 0 Å². The van der Waals surface area contributed by atoms with Gasteiger partial charge in [0.15, 0.2) is 0 Å². The van der Waals surface area contributed by atoms with Gasteiger partial charge in [-0.05, 0) is 42.5 Å². The Hall–Kier alpha value is -1.06. The molecule has 2 aliphatic rings. The maximum absolute atomic E-state index is 6.21. The van der Waals surface area contributed by atoms with Crippen LogP contribution >= 0.6 is 0 Å². The molecule has 0 aromatic heterocycles. The van der Waals surface area contributed by atoms with Crippen molar-refractivity contribution in [2.75, 3.05) is 13.7 Å². The minimum Gasteiger partial charge on any atom is -0.497 e. The van der Waals surface area contributed by atoms with Crippen LogP contribution in [0.5, 0.6) is 5.75 Å². The lowest BCUT2D eigenvalue weighted by Crippen LogP contribution is -2.58. The van der Waals surface area contributed by atoms with Crippen molar-refractivity contribution in [3.8, 4) is 5.75 Å². The van der Waals surface area contributed by atoms with Crippen molar-refractivity contribution in [3.63, 3.8) is 0 Å². The van der Waals surface area contributed by atoms with E-state index in [0.717, 1.165) is 31.6 Å². The van der Waals surface area contributed by atoms with Crippen LogP contribution in [-0.4, -0.2) is 25.3 Å². The fourth-order valence-electron chi connectivity index (χ4n) is 3.39. The van der Waals surface area contributed by atoms with Gasteiger partial charge in [-0.1, -0.05) is 19.9 Å². The van der Waals surface area contributed by atoms with E-state index in [1.807, 2.05) is 6.07 Å². The summed E-state index contributed by atoms with van der Waals surface area (Å²) in [5.74, 6) is 0.922. The zero-order valence-corrected chi connectivity index (χ0v) is 12.0. The molecule has 1 fully saturated rings. The molecule has 3 heteroatoms. The molecular formula is C16H23NO2. The van der Waals surface area contributed by atoms with Gasteiger partial charge in [0.25, 0.3) is 0 Å². The molecule has 0 bridgehead atoms. The lowest BCUT2D eigenvalue weighted by molar-refractivity contribution is -0.0604. The maximum Gasteiger partial charge on any atom is 0.119 e. The van der Waals surface area contributed by atoms with Crippen molar-refractivity contribution in [3.05, 3.63) is 29.3 Å². The van der Waals surface area contributed by atoms with Crippen molar-refractivity contribution in [1.29, 1.82) is 0 Å². The van der Waals surface area contributed by atoms with Crippen LogP contribution in [0.1, 0.15) is 43.9 Å². The standard InChI is InChI=1S/C16H23NO2/c1-4-16(5-2)10-19-15-13-9-12(18-3)7-6-11(13)8-14(15)17-16/h6-7,9,14-15,17H,4-5,8,10H2,1-3H3. The minimum absolute atomic E-state index is 0.160. The Kier molecular flexibility index (Phi) is 3.27. The monoisotopic (exact) mass is 261 g/mol. The number of methoxy groups -OCH3 is 1. The van der Waals surface area contributed by atoms with E-state index in [2.05, 4.69) is 31.3 Å². The number of hydrogen-bond donors (Lipinski definition) is 1. The van der Waals surface area contributed by atoms with Crippen molar-refractivity contribution < 1.29 is 9.47 Å². The van der Waals surface area contributed by atoms with E-state index in [0.29, 0.717) is 6.04 Å². The Morgan fingerprint density at radius 3 is 2.84 bits per heavy atom. The van der Waals surface area contributed by atoms with Crippen LogP contribution in [-0.2, 0) is 11.2 Å². The number of rotatable bonds is 3. The number of ether oxygens (including phenoxy) is 2.